The first kappa shape index (κ1) is 17.3. The zero-order valence-corrected chi connectivity index (χ0v) is 12.3. The highest BCUT2D eigenvalue weighted by Crippen LogP contribution is 2.17. The third-order valence-corrected chi connectivity index (χ3v) is 2.80. The van der Waals surface area contributed by atoms with Gasteiger partial charge in [-0.25, -0.2) is 8.78 Å². The maximum Gasteiger partial charge on any atom is 0.318 e. The Bertz CT molecular complexity index is 710. The maximum atomic E-state index is 13.3. The summed E-state index contributed by atoms with van der Waals surface area (Å²) in [6, 6.07) is 10.4. The van der Waals surface area contributed by atoms with Gasteiger partial charge in [-0.3, -0.25) is 14.4 Å². The number of hydrogen-bond acceptors (Lipinski definition) is 5. The topological polar surface area (TPSA) is 69.7 Å². The number of ether oxygens (including phenoxy) is 2. The van der Waals surface area contributed by atoms with E-state index in [0.29, 0.717) is 0 Å². The molecular weight excluding hydrogens is 322 g/mol. The number of rotatable bonds is 6. The summed E-state index contributed by atoms with van der Waals surface area (Å²) in [4.78, 5) is 34.7. The number of para-hydroxylation sites is 2. The van der Waals surface area contributed by atoms with E-state index in [9.17, 15) is 23.2 Å². The van der Waals surface area contributed by atoms with Gasteiger partial charge >= 0.3 is 11.9 Å². The number of benzene rings is 2. The Morgan fingerprint density at radius 3 is 1.46 bits per heavy atom. The summed E-state index contributed by atoms with van der Waals surface area (Å²) in [5.74, 6) is -4.95. The Morgan fingerprint density at radius 1 is 0.708 bits per heavy atom. The molecule has 0 N–H and O–H groups in total. The quantitative estimate of drug-likeness (QED) is 0.461. The van der Waals surface area contributed by atoms with Crippen molar-refractivity contribution in [3.05, 3.63) is 60.2 Å². The van der Waals surface area contributed by atoms with E-state index < -0.39 is 42.2 Å². The van der Waals surface area contributed by atoms with Crippen LogP contribution in [-0.2, 0) is 14.4 Å². The molecule has 0 heterocycles. The first-order valence-corrected chi connectivity index (χ1v) is 6.88. The summed E-state index contributed by atoms with van der Waals surface area (Å²) in [6.07, 6.45) is -1.47. The lowest BCUT2D eigenvalue weighted by Gasteiger charge is -2.06. The van der Waals surface area contributed by atoms with Crippen LogP contribution in [0.15, 0.2) is 48.5 Å². The highest BCUT2D eigenvalue weighted by molar-refractivity contribution is 6.04. The average Bonchev–Trinajstić information content (AvgIpc) is 2.51. The van der Waals surface area contributed by atoms with Crippen LogP contribution in [0.1, 0.15) is 12.8 Å². The molecule has 0 fully saturated rings. The minimum Gasteiger partial charge on any atom is -0.423 e. The number of hydrogen-bond donors (Lipinski definition) is 0. The molecule has 2 aromatic carbocycles. The molecule has 0 saturated heterocycles. The van der Waals surface area contributed by atoms with Crippen molar-refractivity contribution in [1.29, 1.82) is 0 Å². The predicted octanol–water partition coefficient (Wildman–Crippen LogP) is 2.83. The van der Waals surface area contributed by atoms with Gasteiger partial charge in [0.2, 0.25) is 0 Å². The lowest BCUT2D eigenvalue weighted by Crippen LogP contribution is -2.19. The van der Waals surface area contributed by atoms with Crippen LogP contribution in [0.2, 0.25) is 0 Å². The van der Waals surface area contributed by atoms with Crippen LogP contribution in [0.4, 0.5) is 8.78 Å². The second kappa shape index (κ2) is 7.96. The van der Waals surface area contributed by atoms with E-state index in [1.807, 2.05) is 0 Å². The van der Waals surface area contributed by atoms with Gasteiger partial charge in [-0.05, 0) is 24.3 Å². The molecule has 0 aliphatic rings. The van der Waals surface area contributed by atoms with Gasteiger partial charge in [0, 0.05) is 0 Å². The molecule has 0 aliphatic heterocycles. The highest BCUT2D eigenvalue weighted by Gasteiger charge is 2.18. The average molecular weight is 334 g/mol. The number of esters is 2. The van der Waals surface area contributed by atoms with Crippen molar-refractivity contribution in [3.8, 4) is 11.5 Å². The minimum absolute atomic E-state index is 0.316. The molecule has 124 valence electrons. The van der Waals surface area contributed by atoms with Crippen LogP contribution in [0.25, 0.3) is 0 Å². The first-order valence-electron chi connectivity index (χ1n) is 6.88. The third kappa shape index (κ3) is 4.98. The molecule has 2 rings (SSSR count). The van der Waals surface area contributed by atoms with E-state index in [0.717, 1.165) is 12.1 Å². The van der Waals surface area contributed by atoms with E-state index in [1.54, 1.807) is 0 Å². The Balaban J connectivity index is 1.84. The molecule has 0 unspecified atom stereocenters. The molecule has 0 amide bonds. The molecular formula is C17H12F2O5. The predicted molar refractivity (Wildman–Crippen MR) is 78.3 cm³/mol. The number of ketones is 1. The van der Waals surface area contributed by atoms with Gasteiger partial charge in [0.05, 0.1) is 0 Å². The Morgan fingerprint density at radius 2 is 1.08 bits per heavy atom. The van der Waals surface area contributed by atoms with Crippen molar-refractivity contribution in [3.63, 3.8) is 0 Å². The van der Waals surface area contributed by atoms with Crippen LogP contribution in [0, 0.1) is 11.6 Å². The summed E-state index contributed by atoms with van der Waals surface area (Å²) in [5.41, 5.74) is 0. The molecule has 0 radical (unpaired) electrons. The standard InChI is InChI=1S/C17H12F2O5/c18-12-5-1-3-7-14(12)23-16(21)9-11(20)10-17(22)24-15-8-4-2-6-13(15)19/h1-8H,9-10H2. The Hall–Kier alpha value is -3.09. The smallest absolute Gasteiger partial charge is 0.318 e. The van der Waals surface area contributed by atoms with E-state index in [1.165, 1.54) is 36.4 Å². The van der Waals surface area contributed by atoms with Crippen LogP contribution >= 0.6 is 0 Å². The molecule has 0 bridgehead atoms. The van der Waals surface area contributed by atoms with Crippen molar-refractivity contribution in [1.82, 2.24) is 0 Å². The summed E-state index contributed by atoms with van der Waals surface area (Å²) in [6.45, 7) is 0. The first-order chi connectivity index (χ1) is 11.5. The molecule has 0 atom stereocenters. The lowest BCUT2D eigenvalue weighted by atomic mass is 10.2. The fourth-order valence-corrected chi connectivity index (χ4v) is 1.76. The van der Waals surface area contributed by atoms with Gasteiger partial charge in [-0.1, -0.05) is 24.3 Å². The maximum absolute atomic E-state index is 13.3. The largest absolute Gasteiger partial charge is 0.423 e. The third-order valence-electron chi connectivity index (χ3n) is 2.80. The second-order valence-corrected chi connectivity index (χ2v) is 4.70. The van der Waals surface area contributed by atoms with Crippen molar-refractivity contribution < 1.29 is 32.6 Å². The molecule has 0 saturated carbocycles. The fourth-order valence-electron chi connectivity index (χ4n) is 1.76. The second-order valence-electron chi connectivity index (χ2n) is 4.70. The van der Waals surface area contributed by atoms with E-state index in [2.05, 4.69) is 9.47 Å². The van der Waals surface area contributed by atoms with Crippen LogP contribution in [0.5, 0.6) is 11.5 Å². The van der Waals surface area contributed by atoms with Gasteiger partial charge in [0.15, 0.2) is 28.9 Å². The van der Waals surface area contributed by atoms with E-state index in [-0.39, 0.29) is 11.5 Å². The Labute approximate surface area is 135 Å². The molecule has 0 aromatic heterocycles. The zero-order chi connectivity index (χ0) is 17.5. The SMILES string of the molecule is O=C(CC(=O)Oc1ccccc1F)CC(=O)Oc1ccccc1F. The van der Waals surface area contributed by atoms with E-state index >= 15 is 0 Å². The summed E-state index contributed by atoms with van der Waals surface area (Å²) >= 11 is 0. The van der Waals surface area contributed by atoms with Gasteiger partial charge in [-0.2, -0.15) is 0 Å². The van der Waals surface area contributed by atoms with Crippen molar-refractivity contribution in [2.75, 3.05) is 0 Å². The summed E-state index contributed by atoms with van der Waals surface area (Å²) in [5, 5.41) is 0. The summed E-state index contributed by atoms with van der Waals surface area (Å²) < 4.78 is 36.0. The van der Waals surface area contributed by atoms with Crippen molar-refractivity contribution in [2.24, 2.45) is 0 Å². The highest BCUT2D eigenvalue weighted by atomic mass is 19.1. The monoisotopic (exact) mass is 334 g/mol. The van der Waals surface area contributed by atoms with E-state index in [4.69, 9.17) is 0 Å². The van der Waals surface area contributed by atoms with Gasteiger partial charge < -0.3 is 9.47 Å². The number of halogens is 2. The fraction of sp³-hybridized carbons (Fsp3) is 0.118. The molecule has 5 nitrogen and oxygen atoms in total. The van der Waals surface area contributed by atoms with Crippen LogP contribution in [-0.4, -0.2) is 17.7 Å². The molecule has 0 spiro atoms. The van der Waals surface area contributed by atoms with Crippen LogP contribution < -0.4 is 9.47 Å². The summed E-state index contributed by atoms with van der Waals surface area (Å²) in [7, 11) is 0. The zero-order valence-electron chi connectivity index (χ0n) is 12.3. The van der Waals surface area contributed by atoms with Gasteiger partial charge in [0.1, 0.15) is 12.8 Å². The van der Waals surface area contributed by atoms with Gasteiger partial charge in [-0.15, -0.1) is 0 Å². The number of Topliss-reactive ketones (excluding diaryl/α,β-unsaturated/α-hetero) is 1. The van der Waals surface area contributed by atoms with Gasteiger partial charge in [0.25, 0.3) is 0 Å². The number of carbonyl (C=O) groups is 3. The van der Waals surface area contributed by atoms with Crippen LogP contribution in [0.3, 0.4) is 0 Å². The molecule has 2 aromatic rings. The number of carbonyl (C=O) groups excluding carboxylic acids is 3. The minimum atomic E-state index is -1.01. The van der Waals surface area contributed by atoms with Crippen molar-refractivity contribution >= 4 is 17.7 Å². The molecule has 7 heteroatoms. The molecule has 0 aliphatic carbocycles. The van der Waals surface area contributed by atoms with Crippen molar-refractivity contribution in [2.45, 2.75) is 12.8 Å². The lowest BCUT2D eigenvalue weighted by molar-refractivity contribution is -0.141. The normalized spacial score (nSPS) is 10.1. The Kier molecular flexibility index (Phi) is 5.73. The molecule has 24 heavy (non-hydrogen) atoms.